The van der Waals surface area contributed by atoms with E-state index < -0.39 is 0 Å². The van der Waals surface area contributed by atoms with Crippen molar-refractivity contribution in [2.75, 3.05) is 11.9 Å². The lowest BCUT2D eigenvalue weighted by Gasteiger charge is -2.07. The molecule has 0 radical (unpaired) electrons. The first-order chi connectivity index (χ1) is 9.79. The van der Waals surface area contributed by atoms with Crippen molar-refractivity contribution >= 4 is 22.9 Å². The predicted molar refractivity (Wildman–Crippen MR) is 78.4 cm³/mol. The largest absolute Gasteiger partial charge is 0.375 e. The van der Waals surface area contributed by atoms with Crippen LogP contribution in [0, 0.1) is 11.3 Å². The Morgan fingerprint density at radius 1 is 1.30 bits per heavy atom. The summed E-state index contributed by atoms with van der Waals surface area (Å²) in [6.45, 7) is 0.887. The van der Waals surface area contributed by atoms with Crippen LogP contribution in [0.3, 0.4) is 0 Å². The molecule has 5 heteroatoms. The molecule has 1 amide bonds. The second-order valence-electron chi connectivity index (χ2n) is 4.09. The zero-order chi connectivity index (χ0) is 14.2. The number of ether oxygens (including phenoxy) is 1. The van der Waals surface area contributed by atoms with Crippen molar-refractivity contribution in [2.24, 2.45) is 0 Å². The topological polar surface area (TPSA) is 62.1 Å². The predicted octanol–water partition coefficient (Wildman–Crippen LogP) is 3.17. The number of rotatable bonds is 6. The van der Waals surface area contributed by atoms with Crippen LogP contribution >= 0.6 is 11.3 Å². The first-order valence-electron chi connectivity index (χ1n) is 6.18. The molecule has 0 aliphatic carbocycles. The molecule has 102 valence electrons. The van der Waals surface area contributed by atoms with Gasteiger partial charge in [-0.25, -0.2) is 0 Å². The maximum Gasteiger partial charge on any atom is 0.226 e. The maximum absolute atomic E-state index is 11.7. The van der Waals surface area contributed by atoms with Crippen LogP contribution in [0.4, 0.5) is 5.69 Å². The van der Waals surface area contributed by atoms with Gasteiger partial charge in [0.15, 0.2) is 0 Å². The van der Waals surface area contributed by atoms with Gasteiger partial charge in [-0.1, -0.05) is 18.2 Å². The van der Waals surface area contributed by atoms with E-state index in [0.717, 1.165) is 4.88 Å². The van der Waals surface area contributed by atoms with E-state index in [9.17, 15) is 4.79 Å². The molecule has 2 rings (SSSR count). The van der Waals surface area contributed by atoms with Gasteiger partial charge < -0.3 is 10.1 Å². The number of nitrogens with zero attached hydrogens (tertiary/aromatic N) is 1. The van der Waals surface area contributed by atoms with E-state index in [1.54, 1.807) is 35.6 Å². The molecule has 4 nitrogen and oxygen atoms in total. The summed E-state index contributed by atoms with van der Waals surface area (Å²) in [5, 5.41) is 13.6. The van der Waals surface area contributed by atoms with Crippen LogP contribution in [-0.4, -0.2) is 12.5 Å². The van der Waals surface area contributed by atoms with Crippen LogP contribution in [-0.2, 0) is 16.1 Å². The molecule has 0 fully saturated rings. The summed E-state index contributed by atoms with van der Waals surface area (Å²) in [4.78, 5) is 12.9. The molecular formula is C15H14N2O2S. The third-order valence-corrected chi connectivity index (χ3v) is 3.47. The number of nitrogens with one attached hydrogen (secondary N) is 1. The van der Waals surface area contributed by atoms with E-state index in [-0.39, 0.29) is 12.3 Å². The Morgan fingerprint density at radius 3 is 2.90 bits per heavy atom. The van der Waals surface area contributed by atoms with Gasteiger partial charge in [0.05, 0.1) is 30.9 Å². The Balaban J connectivity index is 1.74. The zero-order valence-corrected chi connectivity index (χ0v) is 11.7. The van der Waals surface area contributed by atoms with Crippen LogP contribution in [0.2, 0.25) is 0 Å². The molecule has 0 aliphatic heterocycles. The molecule has 1 heterocycles. The van der Waals surface area contributed by atoms with Crippen molar-refractivity contribution < 1.29 is 9.53 Å². The second-order valence-corrected chi connectivity index (χ2v) is 5.12. The van der Waals surface area contributed by atoms with Crippen molar-refractivity contribution in [3.05, 3.63) is 52.2 Å². The van der Waals surface area contributed by atoms with Gasteiger partial charge in [0.25, 0.3) is 0 Å². The van der Waals surface area contributed by atoms with E-state index in [1.165, 1.54) is 0 Å². The highest BCUT2D eigenvalue weighted by atomic mass is 32.1. The van der Waals surface area contributed by atoms with E-state index >= 15 is 0 Å². The van der Waals surface area contributed by atoms with E-state index in [1.807, 2.05) is 23.6 Å². The Kier molecular flexibility index (Phi) is 5.30. The summed E-state index contributed by atoms with van der Waals surface area (Å²) >= 11 is 1.63. The van der Waals surface area contributed by atoms with Gasteiger partial charge >= 0.3 is 0 Å². The van der Waals surface area contributed by atoms with Crippen molar-refractivity contribution in [2.45, 2.75) is 13.0 Å². The molecule has 20 heavy (non-hydrogen) atoms. The third-order valence-electron chi connectivity index (χ3n) is 2.62. The monoisotopic (exact) mass is 286 g/mol. The van der Waals surface area contributed by atoms with Crippen molar-refractivity contribution in [1.82, 2.24) is 0 Å². The summed E-state index contributed by atoms with van der Waals surface area (Å²) in [7, 11) is 0. The molecule has 0 atom stereocenters. The van der Waals surface area contributed by atoms with Gasteiger partial charge in [-0.05, 0) is 23.6 Å². The number of para-hydroxylation sites is 1. The quantitative estimate of drug-likeness (QED) is 0.830. The molecular weight excluding hydrogens is 272 g/mol. The molecule has 0 saturated heterocycles. The Morgan fingerprint density at radius 2 is 2.15 bits per heavy atom. The smallest absolute Gasteiger partial charge is 0.226 e. The number of hydrogen-bond donors (Lipinski definition) is 1. The summed E-state index contributed by atoms with van der Waals surface area (Å²) in [5.74, 6) is -0.154. The number of amides is 1. The number of anilines is 1. The number of nitriles is 1. The highest BCUT2D eigenvalue weighted by Crippen LogP contribution is 2.14. The van der Waals surface area contributed by atoms with E-state index in [0.29, 0.717) is 24.5 Å². The SMILES string of the molecule is N#Cc1ccccc1NC(=O)CCOCc1cccs1. The number of thiophene rings is 1. The van der Waals surface area contributed by atoms with E-state index in [2.05, 4.69) is 5.32 Å². The van der Waals surface area contributed by atoms with Crippen molar-refractivity contribution in [3.8, 4) is 6.07 Å². The van der Waals surface area contributed by atoms with Crippen LogP contribution in [0.5, 0.6) is 0 Å². The Labute approximate surface area is 121 Å². The second kappa shape index (κ2) is 7.43. The normalized spacial score (nSPS) is 9.95. The molecule has 0 spiro atoms. The third kappa shape index (κ3) is 4.19. The Bertz CT molecular complexity index is 603. The summed E-state index contributed by atoms with van der Waals surface area (Å²) < 4.78 is 5.43. The fourth-order valence-electron chi connectivity index (χ4n) is 1.63. The standard InChI is InChI=1S/C15H14N2O2S/c16-10-12-4-1-2-6-14(12)17-15(18)7-8-19-11-13-5-3-9-20-13/h1-6,9H,7-8,11H2,(H,17,18). The number of benzene rings is 1. The average Bonchev–Trinajstić information content (AvgIpc) is 2.97. The maximum atomic E-state index is 11.7. The van der Waals surface area contributed by atoms with Crippen LogP contribution in [0.15, 0.2) is 41.8 Å². The van der Waals surface area contributed by atoms with Crippen LogP contribution < -0.4 is 5.32 Å². The number of carbonyl (C=O) groups excluding carboxylic acids is 1. The summed E-state index contributed by atoms with van der Waals surface area (Å²) in [5.41, 5.74) is 0.999. The van der Waals surface area contributed by atoms with E-state index in [4.69, 9.17) is 10.00 Å². The number of carbonyl (C=O) groups is 1. The lowest BCUT2D eigenvalue weighted by atomic mass is 10.2. The van der Waals surface area contributed by atoms with Crippen molar-refractivity contribution in [1.29, 1.82) is 5.26 Å². The van der Waals surface area contributed by atoms with Gasteiger partial charge in [0, 0.05) is 4.88 Å². The molecule has 2 aromatic rings. The minimum atomic E-state index is -0.154. The number of hydrogen-bond acceptors (Lipinski definition) is 4. The molecule has 0 aliphatic rings. The molecule has 0 bridgehead atoms. The molecule has 1 N–H and O–H groups in total. The van der Waals surface area contributed by atoms with Gasteiger partial charge in [-0.15, -0.1) is 11.3 Å². The summed E-state index contributed by atoms with van der Waals surface area (Å²) in [6.07, 6.45) is 0.269. The average molecular weight is 286 g/mol. The van der Waals surface area contributed by atoms with Crippen molar-refractivity contribution in [3.63, 3.8) is 0 Å². The minimum absolute atomic E-state index is 0.154. The Hall–Kier alpha value is -2.16. The minimum Gasteiger partial charge on any atom is -0.375 e. The van der Waals surface area contributed by atoms with Crippen LogP contribution in [0.1, 0.15) is 16.9 Å². The van der Waals surface area contributed by atoms with Crippen LogP contribution in [0.25, 0.3) is 0 Å². The molecule has 0 saturated carbocycles. The van der Waals surface area contributed by atoms with Gasteiger partial charge in [0.1, 0.15) is 6.07 Å². The highest BCUT2D eigenvalue weighted by Gasteiger charge is 2.06. The fourth-order valence-corrected chi connectivity index (χ4v) is 2.28. The first kappa shape index (κ1) is 14.3. The molecule has 1 aromatic carbocycles. The highest BCUT2D eigenvalue weighted by molar-refractivity contribution is 7.09. The summed E-state index contributed by atoms with van der Waals surface area (Å²) in [6, 6.07) is 12.9. The van der Waals surface area contributed by atoms with Gasteiger partial charge in [-0.2, -0.15) is 5.26 Å². The zero-order valence-electron chi connectivity index (χ0n) is 10.8. The first-order valence-corrected chi connectivity index (χ1v) is 7.06. The molecule has 1 aromatic heterocycles. The fraction of sp³-hybridized carbons (Fsp3) is 0.200. The lowest BCUT2D eigenvalue weighted by molar-refractivity contribution is -0.117. The van der Waals surface area contributed by atoms with Gasteiger partial charge in [0.2, 0.25) is 5.91 Å². The van der Waals surface area contributed by atoms with Gasteiger partial charge in [-0.3, -0.25) is 4.79 Å². The lowest BCUT2D eigenvalue weighted by Crippen LogP contribution is -2.14. The molecule has 0 unspecified atom stereocenters.